The Hall–Kier alpha value is -1.10. The highest BCUT2D eigenvalue weighted by Gasteiger charge is 2.26. The fourth-order valence-corrected chi connectivity index (χ4v) is 2.70. The lowest BCUT2D eigenvalue weighted by Crippen LogP contribution is -2.48. The standard InChI is InChI=1S/C15H28N2O3/c1-4-13-9-7-8-10-17(13)14(18)11-16(5-2)12-15(19)20-6-3/h13H,4-12H2,1-3H3. The van der Waals surface area contributed by atoms with Crippen LogP contribution in [0.4, 0.5) is 0 Å². The first-order valence-electron chi connectivity index (χ1n) is 7.79. The van der Waals surface area contributed by atoms with E-state index in [1.807, 2.05) is 16.7 Å². The van der Waals surface area contributed by atoms with Gasteiger partial charge in [0.1, 0.15) is 0 Å². The molecule has 0 aromatic heterocycles. The van der Waals surface area contributed by atoms with Gasteiger partial charge in [0, 0.05) is 12.6 Å². The smallest absolute Gasteiger partial charge is 0.320 e. The minimum atomic E-state index is -0.257. The van der Waals surface area contributed by atoms with E-state index in [2.05, 4.69) is 6.92 Å². The molecular formula is C15H28N2O3. The zero-order valence-corrected chi connectivity index (χ0v) is 13.1. The first-order chi connectivity index (χ1) is 9.62. The van der Waals surface area contributed by atoms with E-state index < -0.39 is 0 Å². The first-order valence-corrected chi connectivity index (χ1v) is 7.79. The SMILES string of the molecule is CCOC(=O)CN(CC)CC(=O)N1CCCCC1CC. The van der Waals surface area contributed by atoms with Crippen LogP contribution in [-0.4, -0.2) is 60.5 Å². The van der Waals surface area contributed by atoms with Gasteiger partial charge in [-0.05, 0) is 39.2 Å². The Kier molecular flexibility index (Phi) is 7.59. The van der Waals surface area contributed by atoms with E-state index >= 15 is 0 Å². The van der Waals surface area contributed by atoms with Crippen molar-refractivity contribution in [3.63, 3.8) is 0 Å². The van der Waals surface area contributed by atoms with E-state index in [4.69, 9.17) is 4.74 Å². The van der Waals surface area contributed by atoms with Gasteiger partial charge in [-0.15, -0.1) is 0 Å². The van der Waals surface area contributed by atoms with Crippen molar-refractivity contribution in [2.45, 2.75) is 52.5 Å². The van der Waals surface area contributed by atoms with Crippen molar-refractivity contribution in [3.8, 4) is 0 Å². The van der Waals surface area contributed by atoms with Gasteiger partial charge in [0.25, 0.3) is 0 Å². The molecule has 1 atom stereocenters. The number of carbonyl (C=O) groups excluding carboxylic acids is 2. The Balaban J connectivity index is 2.50. The summed E-state index contributed by atoms with van der Waals surface area (Å²) in [6.07, 6.45) is 4.41. The van der Waals surface area contributed by atoms with Crippen LogP contribution in [0.2, 0.25) is 0 Å². The molecule has 0 bridgehead atoms. The maximum Gasteiger partial charge on any atom is 0.320 e. The van der Waals surface area contributed by atoms with Gasteiger partial charge >= 0.3 is 5.97 Å². The quantitative estimate of drug-likeness (QED) is 0.667. The minimum absolute atomic E-state index is 0.141. The number of carbonyl (C=O) groups is 2. The lowest BCUT2D eigenvalue weighted by molar-refractivity contribution is -0.145. The molecule has 1 saturated heterocycles. The first kappa shape index (κ1) is 17.0. The summed E-state index contributed by atoms with van der Waals surface area (Å²) in [5.41, 5.74) is 0. The summed E-state index contributed by atoms with van der Waals surface area (Å²) in [6, 6.07) is 0.373. The second kappa shape index (κ2) is 8.95. The zero-order chi connectivity index (χ0) is 15.0. The van der Waals surface area contributed by atoms with Crippen molar-refractivity contribution < 1.29 is 14.3 Å². The third kappa shape index (κ3) is 5.12. The van der Waals surface area contributed by atoms with Crippen LogP contribution in [0.1, 0.15) is 46.5 Å². The van der Waals surface area contributed by atoms with E-state index in [0.29, 0.717) is 25.7 Å². The molecule has 1 heterocycles. The van der Waals surface area contributed by atoms with Gasteiger partial charge in [-0.3, -0.25) is 14.5 Å². The van der Waals surface area contributed by atoms with E-state index in [1.165, 1.54) is 6.42 Å². The molecule has 0 aromatic rings. The molecule has 0 saturated carbocycles. The minimum Gasteiger partial charge on any atom is -0.465 e. The van der Waals surface area contributed by atoms with Crippen LogP contribution in [0.3, 0.4) is 0 Å². The number of rotatable bonds is 7. The van der Waals surface area contributed by atoms with Gasteiger partial charge in [-0.25, -0.2) is 0 Å². The fraction of sp³-hybridized carbons (Fsp3) is 0.867. The lowest BCUT2D eigenvalue weighted by atomic mass is 10.00. The van der Waals surface area contributed by atoms with Crippen molar-refractivity contribution in [3.05, 3.63) is 0 Å². The van der Waals surface area contributed by atoms with E-state index in [9.17, 15) is 9.59 Å². The molecule has 5 heteroatoms. The maximum absolute atomic E-state index is 12.4. The molecule has 0 spiro atoms. The third-order valence-corrected chi connectivity index (χ3v) is 3.88. The van der Waals surface area contributed by atoms with Crippen molar-refractivity contribution in [1.82, 2.24) is 9.80 Å². The molecule has 1 unspecified atom stereocenters. The van der Waals surface area contributed by atoms with Crippen molar-refractivity contribution >= 4 is 11.9 Å². The van der Waals surface area contributed by atoms with Gasteiger partial charge in [0.05, 0.1) is 19.7 Å². The second-order valence-electron chi connectivity index (χ2n) is 5.25. The average molecular weight is 284 g/mol. The van der Waals surface area contributed by atoms with Crippen LogP contribution in [0.15, 0.2) is 0 Å². The molecule has 1 rings (SSSR count). The molecule has 0 aromatic carbocycles. The predicted octanol–water partition coefficient (Wildman–Crippen LogP) is 1.66. The van der Waals surface area contributed by atoms with Crippen LogP contribution < -0.4 is 0 Å². The number of likely N-dealkylation sites (tertiary alicyclic amines) is 1. The largest absolute Gasteiger partial charge is 0.465 e. The van der Waals surface area contributed by atoms with Crippen LogP contribution in [-0.2, 0) is 14.3 Å². The molecule has 0 radical (unpaired) electrons. The summed E-state index contributed by atoms with van der Waals surface area (Å²) in [5, 5.41) is 0. The molecule has 1 fully saturated rings. The molecule has 1 amide bonds. The van der Waals surface area contributed by atoms with Crippen molar-refractivity contribution in [2.75, 3.05) is 32.8 Å². The monoisotopic (exact) mass is 284 g/mol. The summed E-state index contributed by atoms with van der Waals surface area (Å²) < 4.78 is 4.94. The van der Waals surface area contributed by atoms with Crippen LogP contribution in [0.25, 0.3) is 0 Å². The summed E-state index contributed by atoms with van der Waals surface area (Å²) in [4.78, 5) is 27.8. The highest BCUT2D eigenvalue weighted by atomic mass is 16.5. The summed E-state index contributed by atoms with van der Waals surface area (Å²) in [5.74, 6) is -0.115. The lowest BCUT2D eigenvalue weighted by Gasteiger charge is -2.36. The predicted molar refractivity (Wildman–Crippen MR) is 78.4 cm³/mol. The molecule has 5 nitrogen and oxygen atoms in total. The van der Waals surface area contributed by atoms with Crippen molar-refractivity contribution in [1.29, 1.82) is 0 Å². The van der Waals surface area contributed by atoms with Crippen LogP contribution >= 0.6 is 0 Å². The Morgan fingerprint density at radius 1 is 1.20 bits per heavy atom. The molecular weight excluding hydrogens is 256 g/mol. The molecule has 116 valence electrons. The van der Waals surface area contributed by atoms with E-state index in [0.717, 1.165) is 25.8 Å². The topological polar surface area (TPSA) is 49.9 Å². The van der Waals surface area contributed by atoms with E-state index in [1.54, 1.807) is 6.92 Å². The third-order valence-electron chi connectivity index (χ3n) is 3.88. The number of ether oxygens (including phenoxy) is 1. The number of esters is 1. The zero-order valence-electron chi connectivity index (χ0n) is 13.1. The van der Waals surface area contributed by atoms with Gasteiger partial charge < -0.3 is 9.64 Å². The normalized spacial score (nSPS) is 19.2. The number of hydrogen-bond donors (Lipinski definition) is 0. The summed E-state index contributed by atoms with van der Waals surface area (Å²) >= 11 is 0. The Morgan fingerprint density at radius 2 is 1.95 bits per heavy atom. The van der Waals surface area contributed by atoms with Gasteiger partial charge in [0.15, 0.2) is 0 Å². The Bertz CT molecular complexity index is 320. The van der Waals surface area contributed by atoms with Crippen LogP contribution in [0.5, 0.6) is 0 Å². The van der Waals surface area contributed by atoms with Gasteiger partial charge in [-0.1, -0.05) is 13.8 Å². The molecule has 0 aliphatic carbocycles. The number of amides is 1. The summed E-state index contributed by atoms with van der Waals surface area (Å²) in [6.45, 7) is 8.30. The second-order valence-corrected chi connectivity index (χ2v) is 5.25. The highest BCUT2D eigenvalue weighted by Crippen LogP contribution is 2.19. The highest BCUT2D eigenvalue weighted by molar-refractivity contribution is 5.79. The van der Waals surface area contributed by atoms with Crippen molar-refractivity contribution in [2.24, 2.45) is 0 Å². The van der Waals surface area contributed by atoms with Gasteiger partial charge in [-0.2, -0.15) is 0 Å². The number of piperidine rings is 1. The number of likely N-dealkylation sites (N-methyl/N-ethyl adjacent to an activating group) is 1. The molecule has 1 aliphatic rings. The van der Waals surface area contributed by atoms with E-state index in [-0.39, 0.29) is 18.4 Å². The molecule has 0 N–H and O–H groups in total. The molecule has 20 heavy (non-hydrogen) atoms. The Morgan fingerprint density at radius 3 is 2.55 bits per heavy atom. The number of nitrogens with zero attached hydrogens (tertiary/aromatic N) is 2. The van der Waals surface area contributed by atoms with Gasteiger partial charge in [0.2, 0.25) is 5.91 Å². The molecule has 1 aliphatic heterocycles. The summed E-state index contributed by atoms with van der Waals surface area (Å²) in [7, 11) is 0. The number of hydrogen-bond acceptors (Lipinski definition) is 4. The Labute approximate surface area is 122 Å². The fourth-order valence-electron chi connectivity index (χ4n) is 2.70. The van der Waals surface area contributed by atoms with Crippen LogP contribution in [0, 0.1) is 0 Å². The maximum atomic E-state index is 12.4. The average Bonchev–Trinajstić information content (AvgIpc) is 2.46.